The van der Waals surface area contributed by atoms with Crippen LogP contribution in [0.2, 0.25) is 5.02 Å². The molecule has 0 bridgehead atoms. The van der Waals surface area contributed by atoms with Crippen molar-refractivity contribution in [3.8, 4) is 18.0 Å². The molecule has 5 heteroatoms. The number of hydrogen-bond acceptors (Lipinski definition) is 2. The molecule has 1 aromatic carbocycles. The lowest BCUT2D eigenvalue weighted by Gasteiger charge is -2.39. The van der Waals surface area contributed by atoms with Crippen LogP contribution in [0.5, 0.6) is 0 Å². The van der Waals surface area contributed by atoms with Crippen molar-refractivity contribution in [3.63, 3.8) is 0 Å². The van der Waals surface area contributed by atoms with Crippen molar-refractivity contribution in [2.24, 2.45) is 0 Å². The van der Waals surface area contributed by atoms with Crippen molar-refractivity contribution in [1.29, 1.82) is 0 Å². The number of benzene rings is 1. The maximum atomic E-state index is 12.6. The molecule has 3 heterocycles. The highest BCUT2D eigenvalue weighted by atomic mass is 35.5. The van der Waals surface area contributed by atoms with Gasteiger partial charge in [-0.1, -0.05) is 17.7 Å². The second-order valence-corrected chi connectivity index (χ2v) is 5.34. The highest BCUT2D eigenvalue weighted by molar-refractivity contribution is 6.34. The summed E-state index contributed by atoms with van der Waals surface area (Å²) in [6.45, 7) is 0.726. The Balaban J connectivity index is 2.09. The van der Waals surface area contributed by atoms with E-state index in [1.807, 2.05) is 21.6 Å². The molecule has 1 atom stereocenters. The molecule has 0 N–H and O–H groups in total. The first-order chi connectivity index (χ1) is 9.72. The van der Waals surface area contributed by atoms with Crippen LogP contribution in [0.25, 0.3) is 5.69 Å². The van der Waals surface area contributed by atoms with Crippen LogP contribution in [0.4, 0.5) is 0 Å². The minimum atomic E-state index is -0.0338. The Labute approximate surface area is 121 Å². The summed E-state index contributed by atoms with van der Waals surface area (Å²) in [7, 11) is 0. The van der Waals surface area contributed by atoms with Gasteiger partial charge in [0.25, 0.3) is 5.91 Å². The largest absolute Gasteiger partial charge is 0.330 e. The molecule has 2 aliphatic heterocycles. The highest BCUT2D eigenvalue weighted by Gasteiger charge is 2.41. The fraction of sp³-hybridized carbons (Fsp3) is 0.200. The Morgan fingerprint density at radius 2 is 2.30 bits per heavy atom. The molecular weight excluding hydrogens is 274 g/mol. The van der Waals surface area contributed by atoms with Gasteiger partial charge in [-0.25, -0.2) is 4.98 Å². The molecule has 1 aromatic heterocycles. The van der Waals surface area contributed by atoms with E-state index >= 15 is 0 Å². The van der Waals surface area contributed by atoms with Crippen LogP contribution < -0.4 is 0 Å². The Hall–Kier alpha value is -2.25. The molecule has 0 saturated carbocycles. The van der Waals surface area contributed by atoms with Gasteiger partial charge in [0.1, 0.15) is 12.0 Å². The lowest BCUT2D eigenvalue weighted by Crippen LogP contribution is -2.44. The van der Waals surface area contributed by atoms with Gasteiger partial charge < -0.3 is 4.90 Å². The third-order valence-electron chi connectivity index (χ3n) is 4.00. The van der Waals surface area contributed by atoms with Gasteiger partial charge in [0, 0.05) is 6.54 Å². The van der Waals surface area contributed by atoms with Crippen LogP contribution in [0, 0.1) is 12.3 Å². The molecule has 0 radical (unpaired) electrons. The predicted octanol–water partition coefficient (Wildman–Crippen LogP) is 2.41. The van der Waals surface area contributed by atoms with Crippen LogP contribution in [0.15, 0.2) is 24.5 Å². The first-order valence-corrected chi connectivity index (χ1v) is 6.74. The summed E-state index contributed by atoms with van der Waals surface area (Å²) in [4.78, 5) is 18.7. The van der Waals surface area contributed by atoms with E-state index in [2.05, 4.69) is 10.9 Å². The van der Waals surface area contributed by atoms with Crippen molar-refractivity contribution >= 4 is 17.5 Å². The summed E-state index contributed by atoms with van der Waals surface area (Å²) >= 11 is 6.23. The van der Waals surface area contributed by atoms with Gasteiger partial charge >= 0.3 is 0 Å². The Kier molecular flexibility index (Phi) is 2.24. The van der Waals surface area contributed by atoms with E-state index in [1.54, 1.807) is 12.4 Å². The van der Waals surface area contributed by atoms with Crippen LogP contribution in [0.1, 0.15) is 34.2 Å². The van der Waals surface area contributed by atoms with Gasteiger partial charge in [-0.15, -0.1) is 6.42 Å². The van der Waals surface area contributed by atoms with Crippen molar-refractivity contribution in [3.05, 3.63) is 46.5 Å². The minimum Gasteiger partial charge on any atom is -0.330 e. The molecule has 98 valence electrons. The molecule has 4 rings (SSSR count). The number of fused-ring (bicyclic) bond motifs is 5. The first kappa shape index (κ1) is 11.6. The number of halogens is 1. The number of hydrogen-bond donors (Lipinski definition) is 0. The van der Waals surface area contributed by atoms with Crippen molar-refractivity contribution in [2.45, 2.75) is 12.5 Å². The zero-order chi connectivity index (χ0) is 13.9. The number of carbonyl (C=O) groups is 1. The average Bonchev–Trinajstić information content (AvgIpc) is 2.77. The van der Waals surface area contributed by atoms with Gasteiger partial charge in [0.2, 0.25) is 0 Å². The summed E-state index contributed by atoms with van der Waals surface area (Å²) in [6.07, 6.45) is 8.11. The normalized spacial score (nSPS) is 19.3. The SMILES string of the molecule is C#Cc1ncn2c1[C@@H]1CCN1C(=O)c1c(Cl)cccc1-2. The molecule has 2 aliphatic rings. The summed E-state index contributed by atoms with van der Waals surface area (Å²) in [5.74, 6) is 2.57. The third kappa shape index (κ3) is 1.28. The Morgan fingerprint density at radius 3 is 3.00 bits per heavy atom. The number of nitrogens with zero attached hydrogens (tertiary/aromatic N) is 3. The molecule has 1 amide bonds. The van der Waals surface area contributed by atoms with E-state index in [1.165, 1.54) is 0 Å². The second-order valence-electron chi connectivity index (χ2n) is 4.93. The lowest BCUT2D eigenvalue weighted by molar-refractivity contribution is 0.0460. The van der Waals surface area contributed by atoms with Crippen LogP contribution in [0.3, 0.4) is 0 Å². The van der Waals surface area contributed by atoms with Gasteiger partial charge in [0.05, 0.1) is 28.0 Å². The molecule has 2 aromatic rings. The maximum Gasteiger partial charge on any atom is 0.258 e. The number of carbonyl (C=O) groups excluding carboxylic acids is 1. The van der Waals surface area contributed by atoms with Crippen molar-refractivity contribution in [1.82, 2.24) is 14.5 Å². The second kappa shape index (κ2) is 3.87. The van der Waals surface area contributed by atoms with E-state index in [9.17, 15) is 4.79 Å². The van der Waals surface area contributed by atoms with Crippen LogP contribution >= 0.6 is 11.6 Å². The lowest BCUT2D eigenvalue weighted by atomic mass is 9.98. The Bertz CT molecular complexity index is 787. The smallest absolute Gasteiger partial charge is 0.258 e. The van der Waals surface area contributed by atoms with Crippen LogP contribution in [-0.4, -0.2) is 26.9 Å². The third-order valence-corrected chi connectivity index (χ3v) is 4.32. The van der Waals surface area contributed by atoms with E-state index in [-0.39, 0.29) is 11.9 Å². The average molecular weight is 284 g/mol. The molecular formula is C15H10ClN3O. The summed E-state index contributed by atoms with van der Waals surface area (Å²) in [6, 6.07) is 5.43. The quantitative estimate of drug-likeness (QED) is 0.697. The van der Waals surface area contributed by atoms with Gasteiger partial charge in [0.15, 0.2) is 0 Å². The summed E-state index contributed by atoms with van der Waals surface area (Å²) in [5, 5.41) is 0.460. The van der Waals surface area contributed by atoms with Gasteiger partial charge in [-0.05, 0) is 24.5 Å². The van der Waals surface area contributed by atoms with Crippen LogP contribution in [-0.2, 0) is 0 Å². The van der Waals surface area contributed by atoms with Crippen molar-refractivity contribution in [2.75, 3.05) is 6.54 Å². The minimum absolute atomic E-state index is 0.000448. The van der Waals surface area contributed by atoms with E-state index in [0.29, 0.717) is 16.3 Å². The van der Waals surface area contributed by atoms with Gasteiger partial charge in [-0.2, -0.15) is 0 Å². The molecule has 4 nitrogen and oxygen atoms in total. The zero-order valence-electron chi connectivity index (χ0n) is 10.5. The maximum absolute atomic E-state index is 12.6. The summed E-state index contributed by atoms with van der Waals surface area (Å²) < 4.78 is 1.90. The monoisotopic (exact) mass is 283 g/mol. The van der Waals surface area contributed by atoms with E-state index in [0.717, 1.165) is 24.3 Å². The first-order valence-electron chi connectivity index (χ1n) is 6.36. The van der Waals surface area contributed by atoms with E-state index < -0.39 is 0 Å². The number of imidazole rings is 1. The Morgan fingerprint density at radius 1 is 1.45 bits per heavy atom. The standard InChI is InChI=1S/C15H10ClN3O/c1-2-10-14-12-6-7-18(12)15(20)13-9(16)4-3-5-11(13)19(14)8-17-10/h1,3-5,8,12H,6-7H2/t12-/m0/s1. The molecule has 0 spiro atoms. The fourth-order valence-electron chi connectivity index (χ4n) is 2.96. The summed E-state index contributed by atoms with van der Waals surface area (Å²) in [5.41, 5.74) is 2.79. The van der Waals surface area contributed by atoms with Gasteiger partial charge in [-0.3, -0.25) is 9.36 Å². The molecule has 1 saturated heterocycles. The molecule has 1 fully saturated rings. The topological polar surface area (TPSA) is 38.1 Å². The number of aromatic nitrogens is 2. The predicted molar refractivity (Wildman–Crippen MR) is 74.9 cm³/mol. The molecule has 0 unspecified atom stereocenters. The zero-order valence-corrected chi connectivity index (χ0v) is 11.3. The number of amides is 1. The van der Waals surface area contributed by atoms with Crippen molar-refractivity contribution < 1.29 is 4.79 Å². The highest BCUT2D eigenvalue weighted by Crippen LogP contribution is 2.42. The van der Waals surface area contributed by atoms with E-state index in [4.69, 9.17) is 18.0 Å². The number of terminal acetylenes is 1. The fourth-order valence-corrected chi connectivity index (χ4v) is 3.21. The molecule has 0 aliphatic carbocycles. The number of rotatable bonds is 0. The molecule has 20 heavy (non-hydrogen) atoms.